The number of sulfonamides is 1. The van der Waals surface area contributed by atoms with Crippen LogP contribution in [0.5, 0.6) is 0 Å². The quantitative estimate of drug-likeness (QED) is 0.784. The molecule has 1 aromatic rings. The molecule has 1 aliphatic rings. The lowest BCUT2D eigenvalue weighted by atomic mass is 10.1. The molecule has 0 amide bonds. The number of nitrogens with two attached hydrogens (primary N) is 1. The second-order valence-corrected chi connectivity index (χ2v) is 6.96. The third-order valence-electron chi connectivity index (χ3n) is 3.54. The molecule has 1 atom stereocenters. The number of anilines is 1. The summed E-state index contributed by atoms with van der Waals surface area (Å²) in [6, 6.07) is 6.09. The van der Waals surface area contributed by atoms with E-state index in [-0.39, 0.29) is 16.5 Å². The Morgan fingerprint density at radius 2 is 2.20 bits per heavy atom. The first-order chi connectivity index (χ1) is 9.46. The van der Waals surface area contributed by atoms with Gasteiger partial charge in [-0.1, -0.05) is 19.8 Å². The zero-order valence-electron chi connectivity index (χ0n) is 11.5. The predicted molar refractivity (Wildman–Crippen MR) is 77.3 cm³/mol. The van der Waals surface area contributed by atoms with Crippen molar-refractivity contribution in [1.29, 1.82) is 5.26 Å². The van der Waals surface area contributed by atoms with Crippen molar-refractivity contribution in [3.63, 3.8) is 0 Å². The van der Waals surface area contributed by atoms with Gasteiger partial charge in [0.2, 0.25) is 10.0 Å². The maximum atomic E-state index is 12.4. The first-order valence-corrected chi connectivity index (χ1v) is 8.26. The zero-order valence-corrected chi connectivity index (χ0v) is 12.3. The van der Waals surface area contributed by atoms with E-state index in [9.17, 15) is 8.42 Å². The Morgan fingerprint density at radius 3 is 2.75 bits per heavy atom. The number of nitriles is 1. The van der Waals surface area contributed by atoms with Crippen molar-refractivity contribution in [2.45, 2.75) is 43.5 Å². The molecule has 6 heteroatoms. The molecule has 108 valence electrons. The van der Waals surface area contributed by atoms with Gasteiger partial charge in [-0.05, 0) is 37.0 Å². The molecule has 0 radical (unpaired) electrons. The van der Waals surface area contributed by atoms with Gasteiger partial charge >= 0.3 is 0 Å². The first kappa shape index (κ1) is 14.8. The van der Waals surface area contributed by atoms with Gasteiger partial charge in [0, 0.05) is 11.7 Å². The Hall–Kier alpha value is -1.58. The van der Waals surface area contributed by atoms with Crippen molar-refractivity contribution >= 4 is 15.7 Å². The summed E-state index contributed by atoms with van der Waals surface area (Å²) in [6.45, 7) is 1.96. The number of benzene rings is 1. The molecular formula is C14H19N3O2S. The number of nitrogens with zero attached hydrogens (tertiary/aromatic N) is 1. The summed E-state index contributed by atoms with van der Waals surface area (Å²) in [5, 5.41) is 9.06. The van der Waals surface area contributed by atoms with Crippen LogP contribution in [0.1, 0.15) is 38.2 Å². The highest BCUT2D eigenvalue weighted by Gasteiger charge is 2.28. The highest BCUT2D eigenvalue weighted by molar-refractivity contribution is 7.89. The predicted octanol–water partition coefficient (Wildman–Crippen LogP) is 2.00. The fraction of sp³-hybridized carbons (Fsp3) is 0.500. The standard InChI is InChI=1S/C14H19N3O2S/c1-2-13(7-10-3-4-10)17-20(18,19)14-6-5-12(16)8-11(14)9-15/h5-6,8,10,13,17H,2-4,7,16H2,1H3. The van der Waals surface area contributed by atoms with Gasteiger partial charge in [0.15, 0.2) is 0 Å². The van der Waals surface area contributed by atoms with E-state index in [0.717, 1.165) is 12.8 Å². The van der Waals surface area contributed by atoms with Gasteiger partial charge < -0.3 is 5.73 Å². The molecule has 0 spiro atoms. The normalized spacial score (nSPS) is 16.6. The highest BCUT2D eigenvalue weighted by Crippen LogP contribution is 2.34. The number of nitrogen functional groups attached to an aromatic ring is 1. The van der Waals surface area contributed by atoms with Crippen LogP contribution in [0.25, 0.3) is 0 Å². The third-order valence-corrected chi connectivity index (χ3v) is 5.12. The topological polar surface area (TPSA) is 96.0 Å². The monoisotopic (exact) mass is 293 g/mol. The molecule has 5 nitrogen and oxygen atoms in total. The Bertz CT molecular complexity index is 630. The van der Waals surface area contributed by atoms with Gasteiger partial charge in [-0.15, -0.1) is 0 Å². The van der Waals surface area contributed by atoms with E-state index in [1.165, 1.54) is 31.0 Å². The Labute approximate surface area is 119 Å². The van der Waals surface area contributed by atoms with Gasteiger partial charge in [-0.2, -0.15) is 5.26 Å². The third kappa shape index (κ3) is 3.50. The minimum atomic E-state index is -3.68. The van der Waals surface area contributed by atoms with Crippen LogP contribution in [0.3, 0.4) is 0 Å². The van der Waals surface area contributed by atoms with Gasteiger partial charge in [-0.25, -0.2) is 13.1 Å². The van der Waals surface area contributed by atoms with Gasteiger partial charge in [0.05, 0.1) is 10.5 Å². The van der Waals surface area contributed by atoms with E-state index in [1.807, 2.05) is 13.0 Å². The van der Waals surface area contributed by atoms with E-state index in [0.29, 0.717) is 11.6 Å². The molecule has 1 aromatic carbocycles. The summed E-state index contributed by atoms with van der Waals surface area (Å²) in [5.41, 5.74) is 6.04. The molecule has 2 rings (SSSR count). The maximum absolute atomic E-state index is 12.4. The number of rotatable bonds is 6. The zero-order chi connectivity index (χ0) is 14.8. The second-order valence-electron chi connectivity index (χ2n) is 5.27. The van der Waals surface area contributed by atoms with Crippen LogP contribution >= 0.6 is 0 Å². The van der Waals surface area contributed by atoms with Crippen molar-refractivity contribution in [2.24, 2.45) is 5.92 Å². The van der Waals surface area contributed by atoms with E-state index < -0.39 is 10.0 Å². The highest BCUT2D eigenvalue weighted by atomic mass is 32.2. The average Bonchev–Trinajstić information content (AvgIpc) is 3.21. The fourth-order valence-corrected chi connectivity index (χ4v) is 3.68. The lowest BCUT2D eigenvalue weighted by Crippen LogP contribution is -2.35. The number of nitrogens with one attached hydrogen (secondary N) is 1. The molecule has 20 heavy (non-hydrogen) atoms. The van der Waals surface area contributed by atoms with Crippen LogP contribution < -0.4 is 10.5 Å². The summed E-state index contributed by atoms with van der Waals surface area (Å²) < 4.78 is 27.5. The average molecular weight is 293 g/mol. The molecule has 1 fully saturated rings. The van der Waals surface area contributed by atoms with E-state index >= 15 is 0 Å². The van der Waals surface area contributed by atoms with Crippen molar-refractivity contribution in [3.05, 3.63) is 23.8 Å². The van der Waals surface area contributed by atoms with Crippen molar-refractivity contribution in [1.82, 2.24) is 4.72 Å². The van der Waals surface area contributed by atoms with Crippen LogP contribution in [0.2, 0.25) is 0 Å². The van der Waals surface area contributed by atoms with Crippen LogP contribution in [-0.4, -0.2) is 14.5 Å². The maximum Gasteiger partial charge on any atom is 0.242 e. The summed E-state index contributed by atoms with van der Waals surface area (Å²) in [4.78, 5) is 0.00319. The Morgan fingerprint density at radius 1 is 1.50 bits per heavy atom. The van der Waals surface area contributed by atoms with Crippen LogP contribution in [0.4, 0.5) is 5.69 Å². The molecule has 0 bridgehead atoms. The minimum Gasteiger partial charge on any atom is -0.399 e. The largest absolute Gasteiger partial charge is 0.399 e. The van der Waals surface area contributed by atoms with Crippen molar-refractivity contribution in [2.75, 3.05) is 5.73 Å². The summed E-state index contributed by atoms with van der Waals surface area (Å²) in [5.74, 6) is 0.643. The van der Waals surface area contributed by atoms with E-state index in [4.69, 9.17) is 11.0 Å². The molecule has 0 saturated heterocycles. The molecule has 1 unspecified atom stereocenters. The SMILES string of the molecule is CCC(CC1CC1)NS(=O)(=O)c1ccc(N)cc1C#N. The van der Waals surface area contributed by atoms with E-state index in [2.05, 4.69) is 4.72 Å². The Balaban J connectivity index is 2.23. The summed E-state index contributed by atoms with van der Waals surface area (Å²) in [7, 11) is -3.68. The number of hydrogen-bond acceptors (Lipinski definition) is 4. The minimum absolute atomic E-state index is 0.00319. The van der Waals surface area contributed by atoms with Crippen LogP contribution in [-0.2, 0) is 10.0 Å². The summed E-state index contributed by atoms with van der Waals surface area (Å²) in [6.07, 6.45) is 3.98. The molecule has 0 aliphatic heterocycles. The van der Waals surface area contributed by atoms with Crippen molar-refractivity contribution < 1.29 is 8.42 Å². The smallest absolute Gasteiger partial charge is 0.242 e. The molecule has 0 aromatic heterocycles. The lowest BCUT2D eigenvalue weighted by Gasteiger charge is -2.17. The van der Waals surface area contributed by atoms with Gasteiger partial charge in [-0.3, -0.25) is 0 Å². The molecule has 0 heterocycles. The Kier molecular flexibility index (Phi) is 4.31. The van der Waals surface area contributed by atoms with Crippen molar-refractivity contribution in [3.8, 4) is 6.07 Å². The van der Waals surface area contributed by atoms with Gasteiger partial charge in [0.1, 0.15) is 6.07 Å². The van der Waals surface area contributed by atoms with Gasteiger partial charge in [0.25, 0.3) is 0 Å². The lowest BCUT2D eigenvalue weighted by molar-refractivity contribution is 0.495. The first-order valence-electron chi connectivity index (χ1n) is 6.78. The molecule has 3 N–H and O–H groups in total. The molecular weight excluding hydrogens is 274 g/mol. The molecule has 1 saturated carbocycles. The van der Waals surface area contributed by atoms with E-state index in [1.54, 1.807) is 0 Å². The number of hydrogen-bond donors (Lipinski definition) is 2. The van der Waals surface area contributed by atoms with Crippen LogP contribution in [0, 0.1) is 17.2 Å². The second kappa shape index (κ2) is 5.81. The molecule has 1 aliphatic carbocycles. The van der Waals surface area contributed by atoms with Crippen LogP contribution in [0.15, 0.2) is 23.1 Å². The fourth-order valence-electron chi connectivity index (χ4n) is 2.21. The summed E-state index contributed by atoms with van der Waals surface area (Å²) >= 11 is 0.